The van der Waals surface area contributed by atoms with Gasteiger partial charge in [0.15, 0.2) is 0 Å². The average Bonchev–Trinajstić information content (AvgIpc) is 2.40. The number of carbonyl (C=O) groups is 1. The highest BCUT2D eigenvalue weighted by molar-refractivity contribution is 5.71. The first-order valence-corrected chi connectivity index (χ1v) is 6.72. The van der Waals surface area contributed by atoms with Crippen LogP contribution in [0.5, 0.6) is 0 Å². The van der Waals surface area contributed by atoms with Crippen molar-refractivity contribution in [2.24, 2.45) is 5.92 Å². The van der Waals surface area contributed by atoms with Gasteiger partial charge in [-0.15, -0.1) is 0 Å². The van der Waals surface area contributed by atoms with Crippen molar-refractivity contribution in [3.63, 3.8) is 0 Å². The van der Waals surface area contributed by atoms with Crippen LogP contribution in [0.15, 0.2) is 30.3 Å². The van der Waals surface area contributed by atoms with E-state index in [1.54, 1.807) is 0 Å². The van der Waals surface area contributed by atoms with Crippen molar-refractivity contribution in [3.8, 4) is 0 Å². The van der Waals surface area contributed by atoms with Crippen LogP contribution in [0.4, 0.5) is 0 Å². The zero-order valence-electron chi connectivity index (χ0n) is 10.8. The molecule has 1 saturated carbocycles. The lowest BCUT2D eigenvalue weighted by Crippen LogP contribution is -2.43. The molecular formula is C15H21NO2. The van der Waals surface area contributed by atoms with Crippen molar-refractivity contribution in [3.05, 3.63) is 35.9 Å². The van der Waals surface area contributed by atoms with E-state index in [9.17, 15) is 9.90 Å². The van der Waals surface area contributed by atoms with Crippen molar-refractivity contribution in [2.75, 3.05) is 0 Å². The molecule has 1 fully saturated rings. The molecule has 1 aliphatic carbocycles. The molecule has 0 bridgehead atoms. The molecule has 0 aromatic heterocycles. The summed E-state index contributed by atoms with van der Waals surface area (Å²) in [5, 5.41) is 12.7. The fourth-order valence-electron chi connectivity index (χ4n) is 2.78. The summed E-state index contributed by atoms with van der Waals surface area (Å²) in [7, 11) is 0. The Bertz CT molecular complexity index is 391. The van der Waals surface area contributed by atoms with E-state index in [0.717, 1.165) is 25.7 Å². The lowest BCUT2D eigenvalue weighted by molar-refractivity contribution is -0.143. The van der Waals surface area contributed by atoms with Crippen LogP contribution in [0.2, 0.25) is 0 Å². The van der Waals surface area contributed by atoms with Gasteiger partial charge in [0.05, 0.1) is 5.92 Å². The molecule has 1 aromatic rings. The molecule has 3 nitrogen and oxygen atoms in total. The highest BCUT2D eigenvalue weighted by atomic mass is 16.4. The van der Waals surface area contributed by atoms with E-state index >= 15 is 0 Å². The largest absolute Gasteiger partial charge is 0.481 e. The molecule has 0 amide bonds. The minimum atomic E-state index is -0.660. The SMILES string of the molecule is C[C@@H](N[C@@H]1CCCC[C@@H]1C(=O)O)c1ccccc1. The molecule has 0 radical (unpaired) electrons. The van der Waals surface area contributed by atoms with E-state index in [4.69, 9.17) is 0 Å². The van der Waals surface area contributed by atoms with Crippen LogP contribution in [-0.2, 0) is 4.79 Å². The number of carboxylic acid groups (broad SMARTS) is 1. The number of rotatable bonds is 4. The summed E-state index contributed by atoms with van der Waals surface area (Å²) in [6, 6.07) is 10.5. The van der Waals surface area contributed by atoms with Crippen LogP contribution in [-0.4, -0.2) is 17.1 Å². The van der Waals surface area contributed by atoms with Gasteiger partial charge in [-0.25, -0.2) is 0 Å². The summed E-state index contributed by atoms with van der Waals surface area (Å²) in [4.78, 5) is 11.2. The number of carboxylic acids is 1. The maximum atomic E-state index is 11.2. The molecule has 18 heavy (non-hydrogen) atoms. The van der Waals surface area contributed by atoms with E-state index in [0.29, 0.717) is 0 Å². The van der Waals surface area contributed by atoms with Gasteiger partial charge < -0.3 is 10.4 Å². The standard InChI is InChI=1S/C15H21NO2/c1-11(12-7-3-2-4-8-12)16-14-10-6-5-9-13(14)15(17)18/h2-4,7-8,11,13-14,16H,5-6,9-10H2,1H3,(H,17,18)/t11-,13+,14-/m1/s1. The van der Waals surface area contributed by atoms with E-state index in [2.05, 4.69) is 24.4 Å². The summed E-state index contributed by atoms with van der Waals surface area (Å²) >= 11 is 0. The number of hydrogen-bond acceptors (Lipinski definition) is 2. The zero-order valence-corrected chi connectivity index (χ0v) is 10.8. The lowest BCUT2D eigenvalue weighted by atomic mass is 9.84. The molecule has 3 heteroatoms. The molecule has 2 rings (SSSR count). The highest BCUT2D eigenvalue weighted by Crippen LogP contribution is 2.27. The van der Waals surface area contributed by atoms with Gasteiger partial charge in [0.25, 0.3) is 0 Å². The van der Waals surface area contributed by atoms with Crippen LogP contribution in [0.3, 0.4) is 0 Å². The third-order valence-electron chi connectivity index (χ3n) is 3.85. The van der Waals surface area contributed by atoms with Crippen molar-refractivity contribution in [2.45, 2.75) is 44.7 Å². The average molecular weight is 247 g/mol. The zero-order chi connectivity index (χ0) is 13.0. The molecule has 1 aromatic carbocycles. The van der Waals surface area contributed by atoms with Crippen LogP contribution < -0.4 is 5.32 Å². The van der Waals surface area contributed by atoms with Gasteiger partial charge in [-0.1, -0.05) is 43.2 Å². The third-order valence-corrected chi connectivity index (χ3v) is 3.85. The molecule has 0 aliphatic heterocycles. The predicted octanol–water partition coefficient (Wildman–Crippen LogP) is 2.98. The Morgan fingerprint density at radius 1 is 1.28 bits per heavy atom. The van der Waals surface area contributed by atoms with Gasteiger partial charge in [0, 0.05) is 12.1 Å². The van der Waals surface area contributed by atoms with Crippen molar-refractivity contribution in [1.82, 2.24) is 5.32 Å². The van der Waals surface area contributed by atoms with Gasteiger partial charge in [-0.2, -0.15) is 0 Å². The summed E-state index contributed by atoms with van der Waals surface area (Å²) < 4.78 is 0. The number of benzene rings is 1. The van der Waals surface area contributed by atoms with Gasteiger partial charge in [-0.3, -0.25) is 4.79 Å². The monoisotopic (exact) mass is 247 g/mol. The first-order chi connectivity index (χ1) is 8.68. The Labute approximate surface area is 108 Å². The molecule has 3 atom stereocenters. The molecular weight excluding hydrogens is 226 g/mol. The molecule has 1 aliphatic rings. The normalized spacial score (nSPS) is 25.6. The molecule has 0 heterocycles. The summed E-state index contributed by atoms with van der Waals surface area (Å²) in [6.45, 7) is 2.10. The summed E-state index contributed by atoms with van der Waals surface area (Å²) in [6.07, 6.45) is 3.93. The van der Waals surface area contributed by atoms with Crippen LogP contribution >= 0.6 is 0 Å². The molecule has 0 spiro atoms. The second kappa shape index (κ2) is 6.01. The lowest BCUT2D eigenvalue weighted by Gasteiger charge is -2.32. The fraction of sp³-hybridized carbons (Fsp3) is 0.533. The van der Waals surface area contributed by atoms with Crippen LogP contribution in [0.1, 0.15) is 44.2 Å². The summed E-state index contributed by atoms with van der Waals surface area (Å²) in [5.74, 6) is -0.891. The van der Waals surface area contributed by atoms with Gasteiger partial charge in [0.2, 0.25) is 0 Å². The number of hydrogen-bond donors (Lipinski definition) is 2. The van der Waals surface area contributed by atoms with E-state index in [1.165, 1.54) is 5.56 Å². The molecule has 0 unspecified atom stereocenters. The first-order valence-electron chi connectivity index (χ1n) is 6.72. The van der Waals surface area contributed by atoms with E-state index < -0.39 is 5.97 Å². The number of nitrogens with one attached hydrogen (secondary N) is 1. The Hall–Kier alpha value is -1.35. The quantitative estimate of drug-likeness (QED) is 0.860. The predicted molar refractivity (Wildman–Crippen MR) is 71.4 cm³/mol. The van der Waals surface area contributed by atoms with Crippen molar-refractivity contribution in [1.29, 1.82) is 0 Å². The van der Waals surface area contributed by atoms with Crippen molar-refractivity contribution < 1.29 is 9.90 Å². The maximum absolute atomic E-state index is 11.2. The maximum Gasteiger partial charge on any atom is 0.308 e. The molecule has 0 saturated heterocycles. The highest BCUT2D eigenvalue weighted by Gasteiger charge is 2.31. The molecule has 2 N–H and O–H groups in total. The minimum Gasteiger partial charge on any atom is -0.481 e. The number of aliphatic carboxylic acids is 1. The third kappa shape index (κ3) is 3.10. The second-order valence-corrected chi connectivity index (χ2v) is 5.13. The summed E-state index contributed by atoms with van der Waals surface area (Å²) in [5.41, 5.74) is 1.22. The molecule has 98 valence electrons. The Kier molecular flexibility index (Phi) is 4.37. The smallest absolute Gasteiger partial charge is 0.308 e. The topological polar surface area (TPSA) is 49.3 Å². The Balaban J connectivity index is 2.01. The van der Waals surface area contributed by atoms with Crippen LogP contribution in [0.25, 0.3) is 0 Å². The minimum absolute atomic E-state index is 0.103. The van der Waals surface area contributed by atoms with Crippen molar-refractivity contribution >= 4 is 5.97 Å². The van der Waals surface area contributed by atoms with Gasteiger partial charge >= 0.3 is 5.97 Å². The first kappa shape index (κ1) is 13.1. The second-order valence-electron chi connectivity index (χ2n) is 5.13. The van der Waals surface area contributed by atoms with E-state index in [-0.39, 0.29) is 18.0 Å². The van der Waals surface area contributed by atoms with Gasteiger partial charge in [-0.05, 0) is 25.3 Å². The fourth-order valence-corrected chi connectivity index (χ4v) is 2.78. The van der Waals surface area contributed by atoms with E-state index in [1.807, 2.05) is 18.2 Å². The van der Waals surface area contributed by atoms with Crippen LogP contribution in [0, 0.1) is 5.92 Å². The Morgan fingerprint density at radius 2 is 1.94 bits per heavy atom. The Morgan fingerprint density at radius 3 is 2.61 bits per heavy atom. The van der Waals surface area contributed by atoms with Gasteiger partial charge in [0.1, 0.15) is 0 Å².